The lowest BCUT2D eigenvalue weighted by Crippen LogP contribution is -2.58. The van der Waals surface area contributed by atoms with Crippen molar-refractivity contribution in [2.75, 3.05) is 26.3 Å². The van der Waals surface area contributed by atoms with Gasteiger partial charge >= 0.3 is 5.97 Å². The Morgan fingerprint density at radius 3 is 2.39 bits per heavy atom. The van der Waals surface area contributed by atoms with E-state index >= 15 is 0 Å². The Morgan fingerprint density at radius 1 is 1.39 bits per heavy atom. The molecule has 0 aromatic heterocycles. The minimum absolute atomic E-state index is 0.120. The summed E-state index contributed by atoms with van der Waals surface area (Å²) >= 11 is 0. The lowest BCUT2D eigenvalue weighted by molar-refractivity contribution is -0.144. The second-order valence-electron chi connectivity index (χ2n) is 4.90. The predicted molar refractivity (Wildman–Crippen MR) is 63.2 cm³/mol. The molecule has 1 atom stereocenters. The van der Waals surface area contributed by atoms with Gasteiger partial charge < -0.3 is 9.84 Å². The van der Waals surface area contributed by atoms with Crippen LogP contribution in [-0.2, 0) is 19.7 Å². The minimum Gasteiger partial charge on any atom is -0.480 e. The highest BCUT2D eigenvalue weighted by Gasteiger charge is 2.50. The first-order chi connectivity index (χ1) is 8.36. The first-order valence-corrected chi connectivity index (χ1v) is 7.40. The van der Waals surface area contributed by atoms with Crippen LogP contribution in [0.1, 0.15) is 19.8 Å². The molecule has 18 heavy (non-hydrogen) atoms. The summed E-state index contributed by atoms with van der Waals surface area (Å²) in [7, 11) is -3.77. The molecule has 2 rings (SSSR count). The molecule has 0 aromatic rings. The zero-order chi connectivity index (χ0) is 13.4. The van der Waals surface area contributed by atoms with Gasteiger partial charge in [-0.25, -0.2) is 0 Å². The molecule has 1 heterocycles. The fourth-order valence-corrected chi connectivity index (χ4v) is 3.63. The third-order valence-electron chi connectivity index (χ3n) is 3.49. The van der Waals surface area contributed by atoms with E-state index in [1.165, 1.54) is 11.2 Å². The van der Waals surface area contributed by atoms with Crippen molar-refractivity contribution in [1.82, 2.24) is 9.03 Å². The molecular weight excluding hydrogens is 260 g/mol. The molecule has 2 fully saturated rings. The Balaban J connectivity index is 2.12. The van der Waals surface area contributed by atoms with E-state index in [9.17, 15) is 18.3 Å². The van der Waals surface area contributed by atoms with Crippen LogP contribution >= 0.6 is 0 Å². The number of hydrogen-bond donors (Lipinski definition) is 2. The molecule has 0 aromatic carbocycles. The number of hydrogen-bond acceptors (Lipinski definition) is 4. The van der Waals surface area contributed by atoms with Gasteiger partial charge in [-0.3, -0.25) is 4.79 Å². The summed E-state index contributed by atoms with van der Waals surface area (Å²) in [5, 5.41) is 9.23. The molecule has 7 nitrogen and oxygen atoms in total. The first-order valence-electron chi connectivity index (χ1n) is 5.96. The van der Waals surface area contributed by atoms with Crippen LogP contribution in [0.2, 0.25) is 0 Å². The van der Waals surface area contributed by atoms with Crippen LogP contribution in [0, 0.1) is 5.92 Å². The van der Waals surface area contributed by atoms with Gasteiger partial charge in [0.05, 0.1) is 13.2 Å². The zero-order valence-electron chi connectivity index (χ0n) is 10.3. The Kier molecular flexibility index (Phi) is 3.63. The predicted octanol–water partition coefficient (Wildman–Crippen LogP) is -0.594. The van der Waals surface area contributed by atoms with Crippen LogP contribution in [0.3, 0.4) is 0 Å². The van der Waals surface area contributed by atoms with E-state index in [2.05, 4.69) is 4.72 Å². The summed E-state index contributed by atoms with van der Waals surface area (Å²) in [6.07, 6.45) is 1.49. The number of nitrogens with one attached hydrogen (secondary N) is 1. The molecule has 104 valence electrons. The lowest BCUT2D eigenvalue weighted by Gasteiger charge is -2.32. The number of morpholine rings is 1. The Hall–Kier alpha value is -0.700. The number of nitrogens with zero attached hydrogens (tertiary/aromatic N) is 1. The number of carboxylic acid groups (broad SMARTS) is 1. The molecular formula is C10H18N2O5S. The van der Waals surface area contributed by atoms with Gasteiger partial charge in [-0.05, 0) is 25.7 Å². The van der Waals surface area contributed by atoms with Gasteiger partial charge in [0.2, 0.25) is 0 Å². The summed E-state index contributed by atoms with van der Waals surface area (Å²) < 4.78 is 32.9. The Morgan fingerprint density at radius 2 is 1.94 bits per heavy atom. The van der Waals surface area contributed by atoms with E-state index in [-0.39, 0.29) is 19.0 Å². The number of rotatable bonds is 5. The molecule has 0 spiro atoms. The van der Waals surface area contributed by atoms with Crippen LogP contribution in [0.15, 0.2) is 0 Å². The van der Waals surface area contributed by atoms with Crippen molar-refractivity contribution < 1.29 is 23.1 Å². The third-order valence-corrected chi connectivity index (χ3v) is 5.22. The fourth-order valence-electron chi connectivity index (χ4n) is 2.08. The average molecular weight is 278 g/mol. The molecule has 1 aliphatic carbocycles. The van der Waals surface area contributed by atoms with Crippen LogP contribution in [0.4, 0.5) is 0 Å². The zero-order valence-corrected chi connectivity index (χ0v) is 11.1. The van der Waals surface area contributed by atoms with Gasteiger partial charge in [-0.1, -0.05) is 0 Å². The molecule has 0 radical (unpaired) electrons. The highest BCUT2D eigenvalue weighted by Crippen LogP contribution is 2.40. The Bertz CT molecular complexity index is 428. The van der Waals surface area contributed by atoms with Crippen LogP contribution in [-0.4, -0.2) is 55.6 Å². The molecule has 1 aliphatic heterocycles. The molecule has 1 unspecified atom stereocenters. The highest BCUT2D eigenvalue weighted by molar-refractivity contribution is 7.87. The molecule has 2 N–H and O–H groups in total. The van der Waals surface area contributed by atoms with Crippen molar-refractivity contribution in [1.29, 1.82) is 0 Å². The average Bonchev–Trinajstić information content (AvgIpc) is 3.13. The maximum atomic E-state index is 12.1. The van der Waals surface area contributed by atoms with Crippen molar-refractivity contribution >= 4 is 16.2 Å². The summed E-state index contributed by atoms with van der Waals surface area (Å²) in [5.41, 5.74) is -1.41. The number of aliphatic carboxylic acids is 1. The van der Waals surface area contributed by atoms with Crippen LogP contribution in [0.5, 0.6) is 0 Å². The molecule has 1 saturated heterocycles. The second kappa shape index (κ2) is 4.76. The van der Waals surface area contributed by atoms with E-state index in [0.717, 1.165) is 12.8 Å². The van der Waals surface area contributed by atoms with Gasteiger partial charge in [0.15, 0.2) is 0 Å². The number of carbonyl (C=O) groups is 1. The highest BCUT2D eigenvalue weighted by atomic mass is 32.2. The van der Waals surface area contributed by atoms with Gasteiger partial charge in [0, 0.05) is 13.1 Å². The minimum atomic E-state index is -3.77. The van der Waals surface area contributed by atoms with E-state index in [1.807, 2.05) is 0 Å². The molecule has 0 bridgehead atoms. The maximum Gasteiger partial charge on any atom is 0.324 e. The topological polar surface area (TPSA) is 95.9 Å². The monoisotopic (exact) mass is 278 g/mol. The normalized spacial score (nSPS) is 25.6. The summed E-state index contributed by atoms with van der Waals surface area (Å²) in [5.74, 6) is -1.24. The summed E-state index contributed by atoms with van der Waals surface area (Å²) in [6.45, 7) is 2.64. The number of carboxylic acids is 1. The van der Waals surface area contributed by atoms with Crippen LogP contribution < -0.4 is 4.72 Å². The third kappa shape index (κ3) is 2.66. The Labute approximate surface area is 106 Å². The van der Waals surface area contributed by atoms with Crippen molar-refractivity contribution in [3.05, 3.63) is 0 Å². The number of ether oxygens (including phenoxy) is 1. The molecule has 1 saturated carbocycles. The van der Waals surface area contributed by atoms with Gasteiger partial charge in [-0.2, -0.15) is 17.4 Å². The fraction of sp³-hybridized carbons (Fsp3) is 0.900. The molecule has 0 amide bonds. The van der Waals surface area contributed by atoms with E-state index in [4.69, 9.17) is 4.74 Å². The van der Waals surface area contributed by atoms with Crippen LogP contribution in [0.25, 0.3) is 0 Å². The van der Waals surface area contributed by atoms with E-state index in [0.29, 0.717) is 13.2 Å². The van der Waals surface area contributed by atoms with Gasteiger partial charge in [-0.15, -0.1) is 0 Å². The van der Waals surface area contributed by atoms with Crippen molar-refractivity contribution in [3.8, 4) is 0 Å². The maximum absolute atomic E-state index is 12.1. The van der Waals surface area contributed by atoms with Gasteiger partial charge in [0.25, 0.3) is 10.2 Å². The van der Waals surface area contributed by atoms with Crippen molar-refractivity contribution in [3.63, 3.8) is 0 Å². The quantitative estimate of drug-likeness (QED) is 0.700. The second-order valence-corrected chi connectivity index (χ2v) is 6.57. The standard InChI is InChI=1S/C10H18N2O5S/c1-10(9(13)14,8-2-3-8)11-18(15,16)12-4-6-17-7-5-12/h8,11H,2-7H2,1H3,(H,13,14). The van der Waals surface area contributed by atoms with E-state index < -0.39 is 21.7 Å². The summed E-state index contributed by atoms with van der Waals surface area (Å²) in [4.78, 5) is 11.3. The molecule has 2 aliphatic rings. The van der Waals surface area contributed by atoms with Crippen molar-refractivity contribution in [2.24, 2.45) is 5.92 Å². The SMILES string of the molecule is CC(NS(=O)(=O)N1CCOCC1)(C(=O)O)C1CC1. The van der Waals surface area contributed by atoms with Crippen molar-refractivity contribution in [2.45, 2.75) is 25.3 Å². The smallest absolute Gasteiger partial charge is 0.324 e. The summed E-state index contributed by atoms with van der Waals surface area (Å²) in [6, 6.07) is 0. The van der Waals surface area contributed by atoms with Gasteiger partial charge in [0.1, 0.15) is 5.54 Å². The largest absolute Gasteiger partial charge is 0.480 e. The first kappa shape index (κ1) is 13.7. The lowest BCUT2D eigenvalue weighted by atomic mass is 9.98. The van der Waals surface area contributed by atoms with E-state index in [1.54, 1.807) is 0 Å². The molecule has 8 heteroatoms.